The van der Waals surface area contributed by atoms with Crippen LogP contribution in [-0.4, -0.2) is 18.1 Å². The van der Waals surface area contributed by atoms with Gasteiger partial charge in [0.25, 0.3) is 0 Å². The quantitative estimate of drug-likeness (QED) is 0.782. The van der Waals surface area contributed by atoms with E-state index in [1.54, 1.807) is 6.20 Å². The summed E-state index contributed by atoms with van der Waals surface area (Å²) in [5, 5.41) is 0.660. The second-order valence-electron chi connectivity index (χ2n) is 3.43. The van der Waals surface area contributed by atoms with E-state index in [1.807, 2.05) is 13.0 Å². The van der Waals surface area contributed by atoms with E-state index in [1.165, 1.54) is 0 Å². The largest absolute Gasteiger partial charge is 0.352 e. The van der Waals surface area contributed by atoms with Gasteiger partial charge in [-0.25, -0.2) is 4.98 Å². The molecule has 1 heterocycles. The van der Waals surface area contributed by atoms with Gasteiger partial charge in [-0.1, -0.05) is 23.8 Å². The first-order valence-corrected chi connectivity index (χ1v) is 5.92. The summed E-state index contributed by atoms with van der Waals surface area (Å²) in [6.45, 7) is 9.61. The smallest absolute Gasteiger partial charge is 0.147 e. The van der Waals surface area contributed by atoms with E-state index in [9.17, 15) is 0 Å². The van der Waals surface area contributed by atoms with Crippen molar-refractivity contribution >= 4 is 33.3 Å². The number of aromatic nitrogens is 1. The third-order valence-electron chi connectivity index (χ3n) is 1.93. The molecule has 1 aromatic rings. The van der Waals surface area contributed by atoms with E-state index >= 15 is 0 Å². The van der Waals surface area contributed by atoms with Gasteiger partial charge in [0.05, 0.1) is 5.02 Å². The van der Waals surface area contributed by atoms with Crippen molar-refractivity contribution in [3.8, 4) is 0 Å². The van der Waals surface area contributed by atoms with E-state index < -0.39 is 0 Å². The zero-order chi connectivity index (χ0) is 11.4. The molecule has 2 nitrogen and oxygen atoms in total. The summed E-state index contributed by atoms with van der Waals surface area (Å²) in [6.07, 6.45) is 1.75. The molecule has 15 heavy (non-hydrogen) atoms. The molecule has 0 atom stereocenters. The number of nitrogens with zero attached hydrogens (tertiary/aromatic N) is 2. The molecule has 0 fully saturated rings. The van der Waals surface area contributed by atoms with Crippen LogP contribution in [0.25, 0.3) is 0 Å². The molecule has 0 unspecified atom stereocenters. The molecule has 0 aliphatic rings. The molecule has 1 rings (SSSR count). The van der Waals surface area contributed by atoms with E-state index in [2.05, 4.69) is 39.3 Å². The topological polar surface area (TPSA) is 16.1 Å². The second-order valence-corrected chi connectivity index (χ2v) is 4.75. The highest BCUT2D eigenvalue weighted by Crippen LogP contribution is 2.26. The average molecular weight is 290 g/mol. The van der Waals surface area contributed by atoms with Crippen molar-refractivity contribution in [2.75, 3.05) is 18.0 Å². The van der Waals surface area contributed by atoms with E-state index in [0.29, 0.717) is 5.02 Å². The van der Waals surface area contributed by atoms with Gasteiger partial charge in [0, 0.05) is 23.8 Å². The predicted octanol–water partition coefficient (Wildman–Crippen LogP) is 3.90. The van der Waals surface area contributed by atoms with Crippen LogP contribution in [0.3, 0.4) is 0 Å². The normalized spacial score (nSPS) is 10.1. The van der Waals surface area contributed by atoms with Crippen molar-refractivity contribution < 1.29 is 0 Å². The number of hydrogen-bond acceptors (Lipinski definition) is 2. The molecular weight excluding hydrogens is 275 g/mol. The van der Waals surface area contributed by atoms with Crippen molar-refractivity contribution in [1.29, 1.82) is 0 Å². The Hall–Kier alpha value is -0.540. The number of rotatable bonds is 4. The molecule has 0 aliphatic carbocycles. The van der Waals surface area contributed by atoms with Crippen LogP contribution < -0.4 is 4.90 Å². The third kappa shape index (κ3) is 3.50. The maximum absolute atomic E-state index is 6.12. The summed E-state index contributed by atoms with van der Waals surface area (Å²) in [4.78, 5) is 6.40. The lowest BCUT2D eigenvalue weighted by atomic mass is 10.3. The van der Waals surface area contributed by atoms with Gasteiger partial charge in [0.15, 0.2) is 0 Å². The first kappa shape index (κ1) is 12.5. The Bertz CT molecular complexity index is 366. The average Bonchev–Trinajstić information content (AvgIpc) is 2.14. The summed E-state index contributed by atoms with van der Waals surface area (Å²) in [5.74, 6) is 0.811. The molecule has 0 N–H and O–H groups in total. The Kier molecular flexibility index (Phi) is 4.61. The molecule has 1 aromatic heterocycles. The van der Waals surface area contributed by atoms with Crippen LogP contribution in [-0.2, 0) is 0 Å². The van der Waals surface area contributed by atoms with E-state index in [4.69, 9.17) is 11.6 Å². The summed E-state index contributed by atoms with van der Waals surface area (Å²) >= 11 is 9.46. The van der Waals surface area contributed by atoms with Crippen LogP contribution >= 0.6 is 27.5 Å². The minimum absolute atomic E-state index is 0.660. The monoisotopic (exact) mass is 288 g/mol. The highest BCUT2D eigenvalue weighted by molar-refractivity contribution is 9.10. The maximum Gasteiger partial charge on any atom is 0.147 e. The van der Waals surface area contributed by atoms with Crippen molar-refractivity contribution in [2.45, 2.75) is 13.8 Å². The minimum atomic E-state index is 0.660. The zero-order valence-electron chi connectivity index (χ0n) is 8.93. The fourth-order valence-electron chi connectivity index (χ4n) is 1.30. The number of likely N-dealkylation sites (N-methyl/N-ethyl adjacent to an activating group) is 1. The minimum Gasteiger partial charge on any atom is -0.352 e. The van der Waals surface area contributed by atoms with Gasteiger partial charge >= 0.3 is 0 Å². The summed E-state index contributed by atoms with van der Waals surface area (Å²) in [6, 6.07) is 1.85. The number of halogens is 2. The first-order valence-electron chi connectivity index (χ1n) is 4.75. The number of hydrogen-bond donors (Lipinski definition) is 0. The third-order valence-corrected chi connectivity index (χ3v) is 2.64. The molecule has 0 saturated heterocycles. The highest BCUT2D eigenvalue weighted by Gasteiger charge is 2.10. The Morgan fingerprint density at radius 2 is 2.33 bits per heavy atom. The SMILES string of the molecule is C=C(C)CN(CC)c1ncc(Br)cc1Cl. The molecule has 0 amide bonds. The zero-order valence-corrected chi connectivity index (χ0v) is 11.3. The maximum atomic E-state index is 6.12. The first-order chi connectivity index (χ1) is 7.04. The van der Waals surface area contributed by atoms with Gasteiger partial charge in [-0.05, 0) is 35.8 Å². The number of anilines is 1. The fraction of sp³-hybridized carbons (Fsp3) is 0.364. The van der Waals surface area contributed by atoms with Crippen LogP contribution in [0.2, 0.25) is 5.02 Å². The van der Waals surface area contributed by atoms with Crippen molar-refractivity contribution in [3.63, 3.8) is 0 Å². The Morgan fingerprint density at radius 1 is 1.67 bits per heavy atom. The van der Waals surface area contributed by atoms with Gasteiger partial charge in [0.2, 0.25) is 0 Å². The summed E-state index contributed by atoms with van der Waals surface area (Å²) in [5.41, 5.74) is 1.10. The molecule has 82 valence electrons. The summed E-state index contributed by atoms with van der Waals surface area (Å²) in [7, 11) is 0. The van der Waals surface area contributed by atoms with Gasteiger partial charge in [-0.3, -0.25) is 0 Å². The number of pyridine rings is 1. The van der Waals surface area contributed by atoms with Crippen molar-refractivity contribution in [3.05, 3.63) is 33.9 Å². The predicted molar refractivity (Wildman–Crippen MR) is 69.6 cm³/mol. The van der Waals surface area contributed by atoms with E-state index in [0.717, 1.165) is 29.0 Å². The van der Waals surface area contributed by atoms with E-state index in [-0.39, 0.29) is 0 Å². The van der Waals surface area contributed by atoms with Crippen LogP contribution in [0.5, 0.6) is 0 Å². The highest BCUT2D eigenvalue weighted by atomic mass is 79.9. The lowest BCUT2D eigenvalue weighted by Gasteiger charge is -2.22. The van der Waals surface area contributed by atoms with Gasteiger partial charge < -0.3 is 4.90 Å². The van der Waals surface area contributed by atoms with Crippen LogP contribution in [0.4, 0.5) is 5.82 Å². The Morgan fingerprint density at radius 3 is 2.80 bits per heavy atom. The second kappa shape index (κ2) is 5.52. The molecule has 0 aliphatic heterocycles. The standard InChI is InChI=1S/C11H14BrClN2/c1-4-15(7-8(2)3)11-10(13)5-9(12)6-14-11/h5-6H,2,4,7H2,1,3H3. The fourth-order valence-corrected chi connectivity index (χ4v) is 2.05. The van der Waals surface area contributed by atoms with Gasteiger partial charge in [-0.15, -0.1) is 0 Å². The van der Waals surface area contributed by atoms with Crippen LogP contribution in [0.1, 0.15) is 13.8 Å². The van der Waals surface area contributed by atoms with Crippen molar-refractivity contribution in [2.24, 2.45) is 0 Å². The molecule has 4 heteroatoms. The lowest BCUT2D eigenvalue weighted by Crippen LogP contribution is -2.25. The van der Waals surface area contributed by atoms with Gasteiger partial charge in [-0.2, -0.15) is 0 Å². The van der Waals surface area contributed by atoms with Crippen molar-refractivity contribution in [1.82, 2.24) is 4.98 Å². The molecular formula is C11H14BrClN2. The molecule has 0 radical (unpaired) electrons. The molecule has 0 saturated carbocycles. The summed E-state index contributed by atoms with van der Waals surface area (Å²) < 4.78 is 0.891. The lowest BCUT2D eigenvalue weighted by molar-refractivity contribution is 0.859. The molecule has 0 spiro atoms. The van der Waals surface area contributed by atoms with Crippen LogP contribution in [0, 0.1) is 0 Å². The Balaban J connectivity index is 2.96. The molecule has 0 aromatic carbocycles. The van der Waals surface area contributed by atoms with Gasteiger partial charge in [0.1, 0.15) is 5.82 Å². The van der Waals surface area contributed by atoms with Crippen LogP contribution in [0.15, 0.2) is 28.9 Å². The molecule has 0 bridgehead atoms. The Labute approximate surface area is 104 Å².